The standard InChI is InChI=1S/C19H22N4O2/c1-14-6-5-9-17(12-14)23-13-16(21-22-23)8-4-2-3-7-15-10-11-20-19(25)18(15)24/h5-6,9-13,24H,2-4,7-8H2,1H3,(H,20,25). The van der Waals surface area contributed by atoms with E-state index in [0.717, 1.165) is 37.1 Å². The summed E-state index contributed by atoms with van der Waals surface area (Å²) in [6, 6.07) is 9.91. The zero-order valence-corrected chi connectivity index (χ0v) is 14.3. The number of hydrogen-bond acceptors (Lipinski definition) is 4. The third kappa shape index (κ3) is 4.35. The molecule has 0 radical (unpaired) electrons. The van der Waals surface area contributed by atoms with Gasteiger partial charge < -0.3 is 10.1 Å². The first-order valence-corrected chi connectivity index (χ1v) is 8.51. The van der Waals surface area contributed by atoms with Gasteiger partial charge in [-0.15, -0.1) is 5.10 Å². The summed E-state index contributed by atoms with van der Waals surface area (Å²) in [6.45, 7) is 2.06. The average Bonchev–Trinajstić information content (AvgIpc) is 3.07. The van der Waals surface area contributed by atoms with E-state index in [2.05, 4.69) is 34.4 Å². The number of nitrogens with zero attached hydrogens (tertiary/aromatic N) is 3. The predicted octanol–water partition coefficient (Wildman–Crippen LogP) is 2.93. The van der Waals surface area contributed by atoms with Gasteiger partial charge in [-0.3, -0.25) is 4.79 Å². The Hall–Kier alpha value is -2.89. The minimum atomic E-state index is -0.426. The highest BCUT2D eigenvalue weighted by molar-refractivity contribution is 5.34. The van der Waals surface area contributed by atoms with Crippen molar-refractivity contribution >= 4 is 0 Å². The van der Waals surface area contributed by atoms with Crippen molar-refractivity contribution in [2.75, 3.05) is 0 Å². The molecule has 0 fully saturated rings. The zero-order chi connectivity index (χ0) is 17.6. The summed E-state index contributed by atoms with van der Waals surface area (Å²) in [5.74, 6) is -0.163. The minimum absolute atomic E-state index is 0.163. The topological polar surface area (TPSA) is 83.8 Å². The normalized spacial score (nSPS) is 10.9. The highest BCUT2D eigenvalue weighted by Gasteiger charge is 2.06. The first kappa shape index (κ1) is 17.0. The molecule has 6 heteroatoms. The van der Waals surface area contributed by atoms with Crippen molar-refractivity contribution in [1.29, 1.82) is 0 Å². The van der Waals surface area contributed by atoms with E-state index in [-0.39, 0.29) is 5.75 Å². The van der Waals surface area contributed by atoms with Gasteiger partial charge in [0, 0.05) is 11.8 Å². The molecule has 6 nitrogen and oxygen atoms in total. The lowest BCUT2D eigenvalue weighted by Gasteiger charge is -2.03. The lowest BCUT2D eigenvalue weighted by molar-refractivity contribution is 0.457. The number of aromatic nitrogens is 4. The number of rotatable bonds is 7. The Balaban J connectivity index is 1.47. The van der Waals surface area contributed by atoms with E-state index in [1.807, 2.05) is 18.3 Å². The smallest absolute Gasteiger partial charge is 0.290 e. The van der Waals surface area contributed by atoms with Crippen LogP contribution in [0.4, 0.5) is 0 Å². The molecule has 130 valence electrons. The summed E-state index contributed by atoms with van der Waals surface area (Å²) in [7, 11) is 0. The van der Waals surface area contributed by atoms with Crippen LogP contribution in [0, 0.1) is 6.92 Å². The molecular weight excluding hydrogens is 316 g/mol. The molecule has 3 aromatic rings. The molecular formula is C19H22N4O2. The van der Waals surface area contributed by atoms with Gasteiger partial charge in [0.1, 0.15) is 0 Å². The van der Waals surface area contributed by atoms with E-state index in [1.165, 1.54) is 5.56 Å². The van der Waals surface area contributed by atoms with E-state index < -0.39 is 5.56 Å². The molecule has 0 atom stereocenters. The molecule has 0 saturated carbocycles. The van der Waals surface area contributed by atoms with Gasteiger partial charge in [0.2, 0.25) is 0 Å². The second kappa shape index (κ2) is 7.79. The van der Waals surface area contributed by atoms with E-state index >= 15 is 0 Å². The van der Waals surface area contributed by atoms with Crippen LogP contribution < -0.4 is 5.56 Å². The summed E-state index contributed by atoms with van der Waals surface area (Å²) in [5.41, 5.74) is 3.46. The Labute approximate surface area is 146 Å². The van der Waals surface area contributed by atoms with Crippen molar-refractivity contribution in [3.63, 3.8) is 0 Å². The Morgan fingerprint density at radius 1 is 1.16 bits per heavy atom. The Bertz CT molecular complexity index is 898. The van der Waals surface area contributed by atoms with Crippen LogP contribution in [0.25, 0.3) is 5.69 Å². The predicted molar refractivity (Wildman–Crippen MR) is 96.1 cm³/mol. The second-order valence-corrected chi connectivity index (χ2v) is 6.23. The summed E-state index contributed by atoms with van der Waals surface area (Å²) in [4.78, 5) is 13.8. The van der Waals surface area contributed by atoms with Crippen LogP contribution in [0.5, 0.6) is 5.75 Å². The molecule has 2 aromatic heterocycles. The average molecular weight is 338 g/mol. The maximum absolute atomic E-state index is 11.3. The third-order valence-electron chi connectivity index (χ3n) is 4.20. The lowest BCUT2D eigenvalue weighted by atomic mass is 10.1. The van der Waals surface area contributed by atoms with Crippen molar-refractivity contribution in [2.45, 2.75) is 39.0 Å². The fraction of sp³-hybridized carbons (Fsp3) is 0.316. The maximum Gasteiger partial charge on any atom is 0.290 e. The van der Waals surface area contributed by atoms with E-state index in [4.69, 9.17) is 0 Å². The van der Waals surface area contributed by atoms with Crippen LogP contribution >= 0.6 is 0 Å². The number of H-pyrrole nitrogens is 1. The fourth-order valence-corrected chi connectivity index (χ4v) is 2.82. The van der Waals surface area contributed by atoms with Crippen LogP contribution in [0.15, 0.2) is 47.5 Å². The molecule has 2 heterocycles. The van der Waals surface area contributed by atoms with Gasteiger partial charge in [0.05, 0.1) is 17.6 Å². The second-order valence-electron chi connectivity index (χ2n) is 6.23. The Kier molecular flexibility index (Phi) is 5.28. The molecule has 0 spiro atoms. The molecule has 3 rings (SSSR count). The van der Waals surface area contributed by atoms with Gasteiger partial charge in [-0.2, -0.15) is 0 Å². The third-order valence-corrected chi connectivity index (χ3v) is 4.20. The summed E-state index contributed by atoms with van der Waals surface area (Å²) in [5, 5.41) is 18.1. The number of hydrogen-bond donors (Lipinski definition) is 2. The number of aromatic amines is 1. The fourth-order valence-electron chi connectivity index (χ4n) is 2.82. The largest absolute Gasteiger partial charge is 0.503 e. The van der Waals surface area contributed by atoms with Crippen LogP contribution in [-0.2, 0) is 12.8 Å². The Morgan fingerprint density at radius 3 is 2.84 bits per heavy atom. The molecule has 2 N–H and O–H groups in total. The van der Waals surface area contributed by atoms with E-state index in [9.17, 15) is 9.90 Å². The quantitative estimate of drug-likeness (QED) is 0.649. The highest BCUT2D eigenvalue weighted by Crippen LogP contribution is 2.15. The minimum Gasteiger partial charge on any atom is -0.503 e. The number of aromatic hydroxyl groups is 1. The molecule has 0 aliphatic heterocycles. The lowest BCUT2D eigenvalue weighted by Crippen LogP contribution is -2.06. The van der Waals surface area contributed by atoms with Crippen molar-refractivity contribution in [3.05, 3.63) is 69.9 Å². The number of benzene rings is 1. The number of unbranched alkanes of at least 4 members (excludes halogenated alkanes) is 2. The maximum atomic E-state index is 11.3. The van der Waals surface area contributed by atoms with Gasteiger partial charge in [0.25, 0.3) is 5.56 Å². The van der Waals surface area contributed by atoms with Gasteiger partial charge in [-0.25, -0.2) is 4.68 Å². The molecule has 1 aromatic carbocycles. The molecule has 25 heavy (non-hydrogen) atoms. The van der Waals surface area contributed by atoms with Crippen LogP contribution in [0.1, 0.15) is 36.1 Å². The number of pyridine rings is 1. The van der Waals surface area contributed by atoms with Crippen LogP contribution in [0.3, 0.4) is 0 Å². The highest BCUT2D eigenvalue weighted by atomic mass is 16.3. The molecule has 0 amide bonds. The summed E-state index contributed by atoms with van der Waals surface area (Å²) < 4.78 is 1.80. The monoisotopic (exact) mass is 338 g/mol. The van der Waals surface area contributed by atoms with Crippen molar-refractivity contribution in [1.82, 2.24) is 20.0 Å². The molecule has 0 aliphatic carbocycles. The number of nitrogens with one attached hydrogen (secondary N) is 1. The summed E-state index contributed by atoms with van der Waals surface area (Å²) >= 11 is 0. The molecule has 0 unspecified atom stereocenters. The zero-order valence-electron chi connectivity index (χ0n) is 14.3. The summed E-state index contributed by atoms with van der Waals surface area (Å²) in [6.07, 6.45) is 8.03. The van der Waals surface area contributed by atoms with E-state index in [0.29, 0.717) is 12.0 Å². The first-order valence-electron chi connectivity index (χ1n) is 8.51. The van der Waals surface area contributed by atoms with Gasteiger partial charge >= 0.3 is 0 Å². The molecule has 0 aliphatic rings. The van der Waals surface area contributed by atoms with Crippen molar-refractivity contribution in [3.8, 4) is 11.4 Å². The SMILES string of the molecule is Cc1cccc(-n2cc(CCCCCc3cc[nH]c(=O)c3O)nn2)c1. The number of aryl methyl sites for hydroxylation is 3. The first-order chi connectivity index (χ1) is 12.1. The van der Waals surface area contributed by atoms with Gasteiger partial charge in [-0.1, -0.05) is 23.8 Å². The van der Waals surface area contributed by atoms with Crippen molar-refractivity contribution < 1.29 is 5.11 Å². The van der Waals surface area contributed by atoms with Gasteiger partial charge in [0.15, 0.2) is 5.75 Å². The van der Waals surface area contributed by atoms with Crippen molar-refractivity contribution in [2.24, 2.45) is 0 Å². The van der Waals surface area contributed by atoms with Crippen LogP contribution in [0.2, 0.25) is 0 Å². The van der Waals surface area contributed by atoms with Crippen LogP contribution in [-0.4, -0.2) is 25.1 Å². The molecule has 0 bridgehead atoms. The van der Waals surface area contributed by atoms with Gasteiger partial charge in [-0.05, 0) is 56.4 Å². The Morgan fingerprint density at radius 2 is 2.00 bits per heavy atom. The van der Waals surface area contributed by atoms with E-state index in [1.54, 1.807) is 16.9 Å². The molecule has 0 saturated heterocycles.